The van der Waals surface area contributed by atoms with E-state index in [0.717, 1.165) is 5.71 Å². The smallest absolute Gasteiger partial charge is 0.357 e. The lowest BCUT2D eigenvalue weighted by Crippen LogP contribution is -2.13. The molecule has 2 rings (SSSR count). The zero-order chi connectivity index (χ0) is 13.3. The van der Waals surface area contributed by atoms with E-state index in [1.54, 1.807) is 13.0 Å². The summed E-state index contributed by atoms with van der Waals surface area (Å²) in [6.45, 7) is 3.61. The molecule has 1 aromatic heterocycles. The van der Waals surface area contributed by atoms with E-state index in [0.29, 0.717) is 23.4 Å². The van der Waals surface area contributed by atoms with Crippen molar-refractivity contribution in [1.29, 1.82) is 0 Å². The lowest BCUT2D eigenvalue weighted by atomic mass is 10.1. The van der Waals surface area contributed by atoms with Gasteiger partial charge in [-0.05, 0) is 19.9 Å². The summed E-state index contributed by atoms with van der Waals surface area (Å²) in [5.41, 5.74) is 8.69. The summed E-state index contributed by atoms with van der Waals surface area (Å²) >= 11 is 0. The van der Waals surface area contributed by atoms with E-state index in [2.05, 4.69) is 14.9 Å². The summed E-state index contributed by atoms with van der Waals surface area (Å²) in [4.78, 5) is 21.1. The minimum atomic E-state index is -0.503. The first-order valence-corrected chi connectivity index (χ1v) is 5.57. The van der Waals surface area contributed by atoms with Crippen molar-refractivity contribution in [2.45, 2.75) is 26.4 Å². The predicted molar refractivity (Wildman–Crippen MR) is 66.3 cm³/mol. The van der Waals surface area contributed by atoms with Gasteiger partial charge in [0.2, 0.25) is 0 Å². The highest BCUT2D eigenvalue weighted by molar-refractivity contribution is 5.90. The largest absolute Gasteiger partial charge is 0.464 e. The maximum atomic E-state index is 11.6. The summed E-state index contributed by atoms with van der Waals surface area (Å²) in [5, 5.41) is 3.86. The molecular weight excluding hydrogens is 234 g/mol. The number of pyridine rings is 1. The number of carbonyl (C=O) groups is 1. The van der Waals surface area contributed by atoms with E-state index >= 15 is 0 Å². The first-order valence-electron chi connectivity index (χ1n) is 5.57. The Bertz CT molecular complexity index is 526. The van der Waals surface area contributed by atoms with E-state index < -0.39 is 5.97 Å². The van der Waals surface area contributed by atoms with Crippen molar-refractivity contribution in [3.05, 3.63) is 23.0 Å². The summed E-state index contributed by atoms with van der Waals surface area (Å²) in [6, 6.07) is 1.71. The van der Waals surface area contributed by atoms with Crippen LogP contribution < -0.4 is 5.73 Å². The highest BCUT2D eigenvalue weighted by Gasteiger charge is 2.25. The third kappa shape index (κ3) is 2.13. The first-order chi connectivity index (χ1) is 8.52. The normalized spacial score (nSPS) is 18.2. The number of hydrogen-bond acceptors (Lipinski definition) is 6. The van der Waals surface area contributed by atoms with Crippen LogP contribution in [0.3, 0.4) is 0 Å². The second-order valence-corrected chi connectivity index (χ2v) is 4.23. The number of esters is 1. The second kappa shape index (κ2) is 4.64. The molecule has 0 spiro atoms. The van der Waals surface area contributed by atoms with Gasteiger partial charge in [0.15, 0.2) is 11.8 Å². The Kier molecular flexibility index (Phi) is 3.18. The Labute approximate surface area is 105 Å². The SMILES string of the molecule is COC(=O)c1nc(C2CC(C)=NO2)cc(N)c1C. The molecule has 6 nitrogen and oxygen atoms in total. The first kappa shape index (κ1) is 12.3. The molecule has 0 bridgehead atoms. The molecule has 0 aromatic carbocycles. The van der Waals surface area contributed by atoms with Crippen LogP contribution in [-0.4, -0.2) is 23.8 Å². The van der Waals surface area contributed by atoms with Gasteiger partial charge in [0.1, 0.15) is 0 Å². The monoisotopic (exact) mass is 249 g/mol. The molecule has 0 amide bonds. The van der Waals surface area contributed by atoms with Crippen LogP contribution in [0.2, 0.25) is 0 Å². The van der Waals surface area contributed by atoms with Gasteiger partial charge in [0.25, 0.3) is 0 Å². The average molecular weight is 249 g/mol. The van der Waals surface area contributed by atoms with Gasteiger partial charge >= 0.3 is 5.97 Å². The van der Waals surface area contributed by atoms with Gasteiger partial charge in [0.05, 0.1) is 18.5 Å². The van der Waals surface area contributed by atoms with Crippen molar-refractivity contribution in [2.24, 2.45) is 5.16 Å². The molecule has 2 N–H and O–H groups in total. The van der Waals surface area contributed by atoms with Crippen LogP contribution in [0.4, 0.5) is 5.69 Å². The van der Waals surface area contributed by atoms with Crippen molar-refractivity contribution in [1.82, 2.24) is 4.98 Å². The summed E-state index contributed by atoms with van der Waals surface area (Å²) in [5.74, 6) is -0.503. The molecular formula is C12H15N3O3. The van der Waals surface area contributed by atoms with Crippen LogP contribution in [0.1, 0.15) is 41.2 Å². The molecule has 1 aliphatic rings. The van der Waals surface area contributed by atoms with Gasteiger partial charge in [0, 0.05) is 17.7 Å². The highest BCUT2D eigenvalue weighted by Crippen LogP contribution is 2.28. The fraction of sp³-hybridized carbons (Fsp3) is 0.417. The zero-order valence-corrected chi connectivity index (χ0v) is 10.6. The molecule has 0 fully saturated rings. The molecule has 0 aliphatic carbocycles. The number of oxime groups is 1. The van der Waals surface area contributed by atoms with E-state index in [-0.39, 0.29) is 11.8 Å². The number of carbonyl (C=O) groups excluding carboxylic acids is 1. The summed E-state index contributed by atoms with van der Waals surface area (Å²) in [7, 11) is 1.31. The Morgan fingerprint density at radius 3 is 2.83 bits per heavy atom. The maximum absolute atomic E-state index is 11.6. The number of hydrogen-bond donors (Lipinski definition) is 1. The van der Waals surface area contributed by atoms with Crippen LogP contribution in [0.25, 0.3) is 0 Å². The number of aromatic nitrogens is 1. The number of nitrogens with zero attached hydrogens (tertiary/aromatic N) is 2. The number of rotatable bonds is 2. The third-order valence-corrected chi connectivity index (χ3v) is 2.86. The van der Waals surface area contributed by atoms with E-state index in [1.165, 1.54) is 7.11 Å². The molecule has 1 aromatic rings. The summed E-state index contributed by atoms with van der Waals surface area (Å²) in [6.07, 6.45) is 0.368. The van der Waals surface area contributed by atoms with Gasteiger partial charge in [-0.15, -0.1) is 0 Å². The van der Waals surface area contributed by atoms with Gasteiger partial charge < -0.3 is 15.3 Å². The molecule has 96 valence electrons. The van der Waals surface area contributed by atoms with Crippen molar-refractivity contribution >= 4 is 17.4 Å². The van der Waals surface area contributed by atoms with E-state index in [1.807, 2.05) is 6.92 Å². The van der Waals surface area contributed by atoms with Crippen LogP contribution in [0.15, 0.2) is 11.2 Å². The molecule has 1 unspecified atom stereocenters. The molecule has 0 radical (unpaired) electrons. The van der Waals surface area contributed by atoms with Crippen LogP contribution in [-0.2, 0) is 9.57 Å². The lowest BCUT2D eigenvalue weighted by Gasteiger charge is -2.12. The minimum absolute atomic E-state index is 0.223. The van der Waals surface area contributed by atoms with Gasteiger partial charge in [-0.2, -0.15) is 0 Å². The molecule has 2 heterocycles. The highest BCUT2D eigenvalue weighted by atomic mass is 16.6. The molecule has 0 saturated carbocycles. The number of nitrogens with two attached hydrogens (primary N) is 1. The zero-order valence-electron chi connectivity index (χ0n) is 10.6. The van der Waals surface area contributed by atoms with E-state index in [4.69, 9.17) is 10.6 Å². The second-order valence-electron chi connectivity index (χ2n) is 4.23. The van der Waals surface area contributed by atoms with Crippen molar-refractivity contribution in [2.75, 3.05) is 12.8 Å². The molecule has 1 atom stereocenters. The Hall–Kier alpha value is -2.11. The standard InChI is InChI=1S/C12H15N3O3/c1-6-4-10(18-15-6)9-5-8(13)7(2)11(14-9)12(16)17-3/h5,10H,4H2,1-3H3,(H2,13,14). The predicted octanol–water partition coefficient (Wildman–Crippen LogP) is 1.60. The van der Waals surface area contributed by atoms with Crippen LogP contribution >= 0.6 is 0 Å². The number of ether oxygens (including phenoxy) is 1. The van der Waals surface area contributed by atoms with Crippen LogP contribution in [0.5, 0.6) is 0 Å². The summed E-state index contributed by atoms with van der Waals surface area (Å²) < 4.78 is 4.68. The number of nitrogen functional groups attached to an aromatic ring is 1. The minimum Gasteiger partial charge on any atom is -0.464 e. The Morgan fingerprint density at radius 1 is 1.56 bits per heavy atom. The van der Waals surface area contributed by atoms with Gasteiger partial charge in [-0.25, -0.2) is 9.78 Å². The molecule has 18 heavy (non-hydrogen) atoms. The maximum Gasteiger partial charge on any atom is 0.357 e. The Balaban J connectivity index is 2.38. The lowest BCUT2D eigenvalue weighted by molar-refractivity contribution is 0.0588. The Morgan fingerprint density at radius 2 is 2.28 bits per heavy atom. The topological polar surface area (TPSA) is 86.8 Å². The van der Waals surface area contributed by atoms with Crippen molar-refractivity contribution in [3.8, 4) is 0 Å². The van der Waals surface area contributed by atoms with E-state index in [9.17, 15) is 4.79 Å². The third-order valence-electron chi connectivity index (χ3n) is 2.86. The van der Waals surface area contributed by atoms with Gasteiger partial charge in [-0.1, -0.05) is 5.16 Å². The number of anilines is 1. The van der Waals surface area contributed by atoms with Crippen molar-refractivity contribution < 1.29 is 14.4 Å². The molecule has 6 heteroatoms. The van der Waals surface area contributed by atoms with Gasteiger partial charge in [-0.3, -0.25) is 0 Å². The molecule has 0 saturated heterocycles. The quantitative estimate of drug-likeness (QED) is 0.804. The average Bonchev–Trinajstić information content (AvgIpc) is 2.78. The molecule has 1 aliphatic heterocycles. The van der Waals surface area contributed by atoms with Crippen molar-refractivity contribution in [3.63, 3.8) is 0 Å². The fourth-order valence-electron chi connectivity index (χ4n) is 1.76. The fourth-order valence-corrected chi connectivity index (χ4v) is 1.76. The van der Waals surface area contributed by atoms with Crippen LogP contribution in [0, 0.1) is 6.92 Å². The number of methoxy groups -OCH3 is 1.